The third-order valence-corrected chi connectivity index (χ3v) is 5.76. The molecule has 176 valence electrons. The number of nitrogens with one attached hydrogen (secondary N) is 1. The lowest BCUT2D eigenvalue weighted by Crippen LogP contribution is -2.28. The van der Waals surface area contributed by atoms with E-state index in [0.717, 1.165) is 6.42 Å². The van der Waals surface area contributed by atoms with E-state index in [2.05, 4.69) is 20.3 Å². The second-order valence-electron chi connectivity index (χ2n) is 8.02. The molecule has 0 spiro atoms. The number of aliphatic imine (C=N–C) groups is 2. The number of nitro benzene ring substituents is 1. The summed E-state index contributed by atoms with van der Waals surface area (Å²) >= 11 is 6.44. The topological polar surface area (TPSA) is 119 Å². The summed E-state index contributed by atoms with van der Waals surface area (Å²) in [6, 6.07) is 6.59. The van der Waals surface area contributed by atoms with Crippen molar-refractivity contribution in [2.75, 3.05) is 14.1 Å². The van der Waals surface area contributed by atoms with E-state index >= 15 is 0 Å². The van der Waals surface area contributed by atoms with E-state index in [1.807, 2.05) is 25.6 Å². The molecule has 0 bridgehead atoms. The van der Waals surface area contributed by atoms with Crippen LogP contribution in [0.5, 0.6) is 0 Å². The lowest BCUT2D eigenvalue weighted by atomic mass is 10.1. The van der Waals surface area contributed by atoms with Crippen molar-refractivity contribution in [1.82, 2.24) is 19.8 Å². The van der Waals surface area contributed by atoms with Crippen LogP contribution < -0.4 is 5.32 Å². The molecule has 0 aliphatic carbocycles. The molecule has 2 aliphatic rings. The minimum Gasteiger partial charge on any atom is -0.370 e. The Morgan fingerprint density at radius 1 is 1.45 bits per heavy atom. The van der Waals surface area contributed by atoms with Gasteiger partial charge in [-0.05, 0) is 12.5 Å². The highest BCUT2D eigenvalue weighted by Crippen LogP contribution is 2.39. The number of hydrogen-bond donors (Lipinski definition) is 1. The van der Waals surface area contributed by atoms with Gasteiger partial charge in [0.15, 0.2) is 11.3 Å². The lowest BCUT2D eigenvalue weighted by Gasteiger charge is -2.20. The summed E-state index contributed by atoms with van der Waals surface area (Å²) in [7, 11) is 3.73. The molecule has 2 aliphatic heterocycles. The van der Waals surface area contributed by atoms with E-state index in [1.165, 1.54) is 6.07 Å². The smallest absolute Gasteiger partial charge is 0.274 e. The molecule has 33 heavy (non-hydrogen) atoms. The summed E-state index contributed by atoms with van der Waals surface area (Å²) in [5, 5.41) is 14.3. The van der Waals surface area contributed by atoms with Crippen LogP contribution >= 0.6 is 11.6 Å². The van der Waals surface area contributed by atoms with E-state index in [-0.39, 0.29) is 30.7 Å². The van der Waals surface area contributed by atoms with Crippen molar-refractivity contribution in [2.45, 2.75) is 50.3 Å². The van der Waals surface area contributed by atoms with Gasteiger partial charge in [-0.3, -0.25) is 14.7 Å². The van der Waals surface area contributed by atoms with Crippen LogP contribution in [-0.2, 0) is 16.1 Å². The number of ether oxygens (including phenoxy) is 2. The van der Waals surface area contributed by atoms with Crippen LogP contribution in [0.15, 0.2) is 40.6 Å². The Labute approximate surface area is 196 Å². The van der Waals surface area contributed by atoms with Crippen molar-refractivity contribution in [3.8, 4) is 0 Å². The van der Waals surface area contributed by atoms with Gasteiger partial charge in [-0.2, -0.15) is 4.99 Å². The zero-order valence-corrected chi connectivity index (χ0v) is 19.3. The quantitative estimate of drug-likeness (QED) is 0.162. The molecule has 0 amide bonds. The number of guanidine groups is 1. The van der Waals surface area contributed by atoms with E-state index < -0.39 is 10.4 Å². The minimum absolute atomic E-state index is 0.0468. The van der Waals surface area contributed by atoms with Crippen LogP contribution in [0.25, 0.3) is 0 Å². The first-order valence-corrected chi connectivity index (χ1v) is 11.1. The standard InChI is InChI=1S/C21H26ClN7O4/c1-4-15-16(32-10-13-7-5-6-8-14(13)29(30)31)9-17(33-15)28-12-23-18-19(22)25-21(26-20(18)28)24-11-27(2)3/h5-8,11-12,15-17,19H,4,9-10H2,1-3H3,(H,25,26)/b24-11+. The Morgan fingerprint density at radius 2 is 2.24 bits per heavy atom. The molecule has 2 aromatic rings. The van der Waals surface area contributed by atoms with Crippen LogP contribution in [0.2, 0.25) is 0 Å². The summed E-state index contributed by atoms with van der Waals surface area (Å²) in [4.78, 5) is 26.0. The predicted molar refractivity (Wildman–Crippen MR) is 124 cm³/mol. The lowest BCUT2D eigenvalue weighted by molar-refractivity contribution is -0.386. The summed E-state index contributed by atoms with van der Waals surface area (Å²) in [6.07, 6.45) is 3.82. The first-order valence-electron chi connectivity index (χ1n) is 10.6. The number of rotatable bonds is 7. The van der Waals surface area contributed by atoms with Gasteiger partial charge >= 0.3 is 0 Å². The van der Waals surface area contributed by atoms with Gasteiger partial charge < -0.3 is 19.7 Å². The molecule has 12 heteroatoms. The number of fused-ring (bicyclic) bond motifs is 1. The fourth-order valence-electron chi connectivity index (χ4n) is 3.84. The van der Waals surface area contributed by atoms with Crippen molar-refractivity contribution < 1.29 is 14.4 Å². The number of benzene rings is 1. The zero-order valence-electron chi connectivity index (χ0n) is 18.6. The monoisotopic (exact) mass is 475 g/mol. The highest BCUT2D eigenvalue weighted by Gasteiger charge is 2.38. The van der Waals surface area contributed by atoms with Gasteiger partial charge in [0.25, 0.3) is 5.69 Å². The largest absolute Gasteiger partial charge is 0.370 e. The second kappa shape index (κ2) is 9.86. The number of nitro groups is 1. The number of halogens is 1. The third-order valence-electron chi connectivity index (χ3n) is 5.45. The predicted octanol–water partition coefficient (Wildman–Crippen LogP) is 3.49. The van der Waals surface area contributed by atoms with E-state index in [0.29, 0.717) is 29.5 Å². The summed E-state index contributed by atoms with van der Waals surface area (Å²) in [5.41, 5.74) is 0.610. The average molecular weight is 476 g/mol. The number of nitrogens with zero attached hydrogens (tertiary/aromatic N) is 6. The minimum atomic E-state index is -0.567. The van der Waals surface area contributed by atoms with Gasteiger partial charge in [-0.1, -0.05) is 30.7 Å². The number of para-hydroxylation sites is 1. The average Bonchev–Trinajstić information content (AvgIpc) is 3.40. The number of alkyl halides is 1. The molecule has 3 heterocycles. The highest BCUT2D eigenvalue weighted by molar-refractivity contribution is 6.22. The Hall–Kier alpha value is -3.02. The molecule has 11 nitrogen and oxygen atoms in total. The molecule has 4 unspecified atom stereocenters. The van der Waals surface area contributed by atoms with Crippen molar-refractivity contribution in [3.05, 3.63) is 52.0 Å². The molecule has 0 saturated carbocycles. The zero-order chi connectivity index (χ0) is 23.5. The molecule has 1 aromatic carbocycles. The summed E-state index contributed by atoms with van der Waals surface area (Å²) in [6.45, 7) is 2.15. The highest BCUT2D eigenvalue weighted by atomic mass is 35.5. The summed E-state index contributed by atoms with van der Waals surface area (Å²) < 4.78 is 14.2. The molecule has 0 radical (unpaired) electrons. The van der Waals surface area contributed by atoms with Gasteiger partial charge in [0, 0.05) is 26.6 Å². The Balaban J connectivity index is 1.52. The fourth-order valence-corrected chi connectivity index (χ4v) is 4.09. The van der Waals surface area contributed by atoms with Crippen LogP contribution in [0.1, 0.15) is 42.8 Å². The van der Waals surface area contributed by atoms with E-state index in [4.69, 9.17) is 21.1 Å². The van der Waals surface area contributed by atoms with Crippen LogP contribution in [0.3, 0.4) is 0 Å². The normalized spacial score (nSPS) is 24.4. The molecular weight excluding hydrogens is 450 g/mol. The van der Waals surface area contributed by atoms with Crippen molar-refractivity contribution in [1.29, 1.82) is 0 Å². The second-order valence-corrected chi connectivity index (χ2v) is 8.46. The molecular formula is C21H26ClN7O4. The SMILES string of the molecule is CCC1OC(n2cnc3c2N=C(/N=C/N(C)C)NC3Cl)CC1OCc1ccccc1[N+](=O)[O-]. The van der Waals surface area contributed by atoms with Gasteiger partial charge in [0.2, 0.25) is 5.96 Å². The summed E-state index contributed by atoms with van der Waals surface area (Å²) in [5.74, 6) is 0.964. The van der Waals surface area contributed by atoms with E-state index in [9.17, 15) is 10.1 Å². The van der Waals surface area contributed by atoms with Gasteiger partial charge in [-0.15, -0.1) is 0 Å². The maximum Gasteiger partial charge on any atom is 0.274 e. The number of hydrogen-bond acceptors (Lipinski definition) is 8. The molecule has 4 rings (SSSR count). The molecule has 4 atom stereocenters. The fraction of sp³-hybridized carbons (Fsp3) is 0.476. The maximum absolute atomic E-state index is 11.3. The van der Waals surface area contributed by atoms with Gasteiger partial charge in [-0.25, -0.2) is 9.98 Å². The Morgan fingerprint density at radius 3 is 2.97 bits per heavy atom. The molecule has 1 N–H and O–H groups in total. The Bertz CT molecular complexity index is 1070. The van der Waals surface area contributed by atoms with Crippen molar-refractivity contribution in [2.24, 2.45) is 9.98 Å². The third kappa shape index (κ3) is 5.00. The maximum atomic E-state index is 11.3. The molecule has 1 saturated heterocycles. The number of imidazole rings is 1. The van der Waals surface area contributed by atoms with Gasteiger partial charge in [0.1, 0.15) is 11.9 Å². The number of aromatic nitrogens is 2. The first kappa shape index (κ1) is 23.1. The molecule has 1 fully saturated rings. The first-order chi connectivity index (χ1) is 15.9. The molecule has 1 aromatic heterocycles. The van der Waals surface area contributed by atoms with Crippen LogP contribution in [0.4, 0.5) is 11.5 Å². The van der Waals surface area contributed by atoms with Crippen LogP contribution in [-0.4, -0.2) is 58.0 Å². The van der Waals surface area contributed by atoms with Crippen molar-refractivity contribution >= 4 is 35.4 Å². The Kier molecular flexibility index (Phi) is 6.91. The van der Waals surface area contributed by atoms with Crippen molar-refractivity contribution in [3.63, 3.8) is 0 Å². The van der Waals surface area contributed by atoms with Crippen LogP contribution in [0, 0.1) is 10.1 Å². The van der Waals surface area contributed by atoms with E-state index in [1.54, 1.807) is 35.8 Å². The van der Waals surface area contributed by atoms with Gasteiger partial charge in [0.05, 0.1) is 42.0 Å².